The quantitative estimate of drug-likeness (QED) is 0.232. The Morgan fingerprint density at radius 1 is 1.03 bits per heavy atom. The average molecular weight is 456 g/mol. The zero-order chi connectivity index (χ0) is 21.5. The Bertz CT molecular complexity index is 795. The molecule has 0 aliphatic heterocycles. The predicted molar refractivity (Wildman–Crippen MR) is 121 cm³/mol. The van der Waals surface area contributed by atoms with Gasteiger partial charge in [-0.25, -0.2) is 0 Å². The lowest BCUT2D eigenvalue weighted by molar-refractivity contribution is -0.275. The van der Waals surface area contributed by atoms with E-state index in [9.17, 15) is 13.2 Å². The molecule has 3 rings (SSSR count). The number of thioether (sulfide) groups is 1. The van der Waals surface area contributed by atoms with Gasteiger partial charge in [-0.15, -0.1) is 24.9 Å². The van der Waals surface area contributed by atoms with Crippen LogP contribution < -0.4 is 9.82 Å². The van der Waals surface area contributed by atoms with Crippen LogP contribution in [0, 0.1) is 0 Å². The highest BCUT2D eigenvalue weighted by molar-refractivity contribution is 7.99. The highest BCUT2D eigenvalue weighted by atomic mass is 32.2. The van der Waals surface area contributed by atoms with Gasteiger partial charge in [0.15, 0.2) is 0 Å². The van der Waals surface area contributed by atoms with Crippen molar-refractivity contribution >= 4 is 21.2 Å². The van der Waals surface area contributed by atoms with Crippen molar-refractivity contribution in [1.82, 2.24) is 5.09 Å². The maximum Gasteiger partial charge on any atom is 0.573 e. The normalized spacial score (nSPS) is 16.0. The van der Waals surface area contributed by atoms with Crippen molar-refractivity contribution < 1.29 is 17.9 Å². The van der Waals surface area contributed by atoms with Crippen LogP contribution in [0.4, 0.5) is 13.2 Å². The maximum atomic E-state index is 12.8. The third-order valence-electron chi connectivity index (χ3n) is 5.79. The highest BCUT2D eigenvalue weighted by Gasteiger charge is 2.35. The van der Waals surface area contributed by atoms with Crippen LogP contribution in [-0.2, 0) is 12.0 Å². The molecule has 0 radical (unpaired) electrons. The van der Waals surface area contributed by atoms with Crippen LogP contribution in [0.5, 0.6) is 5.75 Å². The molecular weight excluding hydrogens is 426 g/mol. The number of benzene rings is 2. The molecule has 0 saturated heterocycles. The Morgan fingerprint density at radius 3 is 2.43 bits per heavy atom. The van der Waals surface area contributed by atoms with Crippen molar-refractivity contribution in [2.75, 3.05) is 5.75 Å². The van der Waals surface area contributed by atoms with E-state index in [0.717, 1.165) is 30.6 Å². The molecule has 1 unspecified atom stereocenters. The Morgan fingerprint density at radius 2 is 1.77 bits per heavy atom. The smallest absolute Gasteiger partial charge is 0.405 e. The van der Waals surface area contributed by atoms with Crippen molar-refractivity contribution in [3.63, 3.8) is 0 Å². The van der Waals surface area contributed by atoms with Gasteiger partial charge in [-0.2, -0.15) is 0 Å². The molecule has 30 heavy (non-hydrogen) atoms. The standard InChI is InChI=1S/C23H29F3NOPS/c24-23(25,26)28-20-16-18(17-27-29)10-11-21(20)30-15-7-6-14-22(12-4-5-13-22)19-8-2-1-3-9-19/h1-3,8-11,16,27H,4-7,12-15,17,29H2. The minimum absolute atomic E-state index is 0.109. The average Bonchev–Trinajstić information content (AvgIpc) is 3.19. The van der Waals surface area contributed by atoms with Crippen LogP contribution in [0.3, 0.4) is 0 Å². The third-order valence-corrected chi connectivity index (χ3v) is 7.14. The number of halogens is 3. The maximum absolute atomic E-state index is 12.8. The van der Waals surface area contributed by atoms with E-state index >= 15 is 0 Å². The first-order valence-electron chi connectivity index (χ1n) is 10.4. The zero-order valence-corrected chi connectivity index (χ0v) is 19.0. The number of hydrogen-bond acceptors (Lipinski definition) is 3. The van der Waals surface area contributed by atoms with E-state index in [1.807, 2.05) is 6.07 Å². The van der Waals surface area contributed by atoms with Crippen molar-refractivity contribution in [2.24, 2.45) is 0 Å². The van der Waals surface area contributed by atoms with Crippen LogP contribution in [0.15, 0.2) is 53.4 Å². The van der Waals surface area contributed by atoms with E-state index in [1.165, 1.54) is 49.1 Å². The van der Waals surface area contributed by atoms with Crippen molar-refractivity contribution in [1.29, 1.82) is 0 Å². The summed E-state index contributed by atoms with van der Waals surface area (Å²) in [6, 6.07) is 15.8. The van der Waals surface area contributed by atoms with E-state index in [1.54, 1.807) is 6.07 Å². The summed E-state index contributed by atoms with van der Waals surface area (Å²) in [5.41, 5.74) is 2.47. The molecule has 0 spiro atoms. The lowest BCUT2D eigenvalue weighted by Gasteiger charge is -2.30. The summed E-state index contributed by atoms with van der Waals surface area (Å²) in [5, 5.41) is 2.87. The minimum atomic E-state index is -4.69. The van der Waals surface area contributed by atoms with E-state index in [4.69, 9.17) is 0 Å². The molecule has 1 aliphatic rings. The molecule has 7 heteroatoms. The summed E-state index contributed by atoms with van der Waals surface area (Å²) in [7, 11) is 2.35. The summed E-state index contributed by atoms with van der Waals surface area (Å²) < 4.78 is 42.7. The highest BCUT2D eigenvalue weighted by Crippen LogP contribution is 2.45. The summed E-state index contributed by atoms with van der Waals surface area (Å²) >= 11 is 1.44. The number of ether oxygens (including phenoxy) is 1. The van der Waals surface area contributed by atoms with Gasteiger partial charge in [0, 0.05) is 11.4 Å². The van der Waals surface area contributed by atoms with Gasteiger partial charge in [-0.1, -0.05) is 65.1 Å². The van der Waals surface area contributed by atoms with Crippen LogP contribution in [0.2, 0.25) is 0 Å². The van der Waals surface area contributed by atoms with Gasteiger partial charge in [0.25, 0.3) is 0 Å². The summed E-state index contributed by atoms with van der Waals surface area (Å²) in [6.07, 6.45) is 3.53. The molecule has 164 valence electrons. The Labute approximate surface area is 183 Å². The van der Waals surface area contributed by atoms with Crippen LogP contribution in [0.1, 0.15) is 56.1 Å². The first-order chi connectivity index (χ1) is 14.4. The van der Waals surface area contributed by atoms with Crippen LogP contribution >= 0.6 is 21.2 Å². The lowest BCUT2D eigenvalue weighted by Crippen LogP contribution is -2.21. The van der Waals surface area contributed by atoms with Crippen LogP contribution in [-0.4, -0.2) is 12.1 Å². The minimum Gasteiger partial charge on any atom is -0.405 e. The van der Waals surface area contributed by atoms with Gasteiger partial charge in [0.2, 0.25) is 0 Å². The lowest BCUT2D eigenvalue weighted by atomic mass is 9.75. The Balaban J connectivity index is 1.56. The van der Waals surface area contributed by atoms with Gasteiger partial charge in [0.05, 0.1) is 0 Å². The Hall–Kier alpha value is -1.23. The fraction of sp³-hybridized carbons (Fsp3) is 0.478. The van der Waals surface area contributed by atoms with Crippen molar-refractivity contribution in [3.05, 3.63) is 59.7 Å². The van der Waals surface area contributed by atoms with Crippen molar-refractivity contribution in [3.8, 4) is 5.75 Å². The van der Waals surface area contributed by atoms with Gasteiger partial charge in [-0.3, -0.25) is 5.09 Å². The second kappa shape index (κ2) is 10.9. The fourth-order valence-corrected chi connectivity index (χ4v) is 5.59. The first-order valence-corrected chi connectivity index (χ1v) is 12.0. The fourth-order valence-electron chi connectivity index (χ4n) is 4.38. The van der Waals surface area contributed by atoms with Gasteiger partial charge in [0.1, 0.15) is 5.75 Å². The molecular formula is C23H29F3NOPS. The number of hydrogen-bond donors (Lipinski definition) is 1. The summed E-state index contributed by atoms with van der Waals surface area (Å²) in [5.74, 6) is 0.669. The van der Waals surface area contributed by atoms with Crippen molar-refractivity contribution in [2.45, 2.75) is 68.2 Å². The zero-order valence-electron chi connectivity index (χ0n) is 17.0. The number of unbranched alkanes of at least 4 members (excludes halogenated alkanes) is 1. The molecule has 2 aromatic carbocycles. The monoisotopic (exact) mass is 455 g/mol. The first kappa shape index (κ1) is 23.4. The SMILES string of the molecule is FC(F)(F)Oc1cc(CNP)ccc1SCCCCC1(c2ccccc2)CCCC1. The Kier molecular flexibility index (Phi) is 8.50. The van der Waals surface area contributed by atoms with E-state index in [2.05, 4.69) is 49.5 Å². The second-order valence-electron chi connectivity index (χ2n) is 7.87. The molecule has 0 amide bonds. The molecule has 1 aliphatic carbocycles. The van der Waals surface area contributed by atoms with Gasteiger partial charge < -0.3 is 4.74 Å². The molecule has 0 aromatic heterocycles. The molecule has 0 heterocycles. The van der Waals surface area contributed by atoms with Gasteiger partial charge in [-0.05, 0) is 60.1 Å². The molecule has 0 bridgehead atoms. The molecule has 1 fully saturated rings. The van der Waals surface area contributed by atoms with Gasteiger partial charge >= 0.3 is 6.36 Å². The molecule has 2 nitrogen and oxygen atoms in total. The van der Waals surface area contributed by atoms with E-state index in [0.29, 0.717) is 11.4 Å². The number of rotatable bonds is 10. The summed E-state index contributed by atoms with van der Waals surface area (Å²) in [4.78, 5) is 0.540. The largest absolute Gasteiger partial charge is 0.573 e. The van der Waals surface area contributed by atoms with Crippen LogP contribution in [0.25, 0.3) is 0 Å². The number of nitrogens with one attached hydrogen (secondary N) is 1. The predicted octanol–water partition coefficient (Wildman–Crippen LogP) is 7.24. The molecule has 1 saturated carbocycles. The van der Waals surface area contributed by atoms with E-state index in [-0.39, 0.29) is 11.2 Å². The molecule has 1 N–H and O–H groups in total. The van der Waals surface area contributed by atoms with E-state index < -0.39 is 6.36 Å². The number of alkyl halides is 3. The third kappa shape index (κ3) is 6.63. The summed E-state index contributed by atoms with van der Waals surface area (Å²) in [6.45, 7) is 0.464. The molecule has 1 atom stereocenters. The molecule has 2 aromatic rings. The topological polar surface area (TPSA) is 21.3 Å². The second-order valence-corrected chi connectivity index (χ2v) is 9.41.